The molecular weight excluding hydrogens is 316 g/mol. The third kappa shape index (κ3) is 4.71. The predicted molar refractivity (Wildman–Crippen MR) is 104 cm³/mol. The Hall–Kier alpha value is -1.59. The highest BCUT2D eigenvalue weighted by Gasteiger charge is 2.13. The number of hydrogen-bond donors (Lipinski definition) is 1. The zero-order valence-electron chi connectivity index (χ0n) is 15.3. The number of thioether (sulfide) groups is 1. The van der Waals surface area contributed by atoms with Crippen LogP contribution >= 0.6 is 11.8 Å². The van der Waals surface area contributed by atoms with Crippen LogP contribution in [0.25, 0.3) is 0 Å². The van der Waals surface area contributed by atoms with Gasteiger partial charge in [-0.15, -0.1) is 0 Å². The molecule has 0 aliphatic rings. The summed E-state index contributed by atoms with van der Waals surface area (Å²) in [6.07, 6.45) is 3.97. The average molecular weight is 345 g/mol. The second-order valence-electron chi connectivity index (χ2n) is 5.89. The van der Waals surface area contributed by atoms with Crippen molar-refractivity contribution in [1.82, 2.24) is 15.3 Å². The van der Waals surface area contributed by atoms with Gasteiger partial charge in [-0.1, -0.05) is 41.6 Å². The van der Waals surface area contributed by atoms with E-state index in [0.29, 0.717) is 0 Å². The van der Waals surface area contributed by atoms with Gasteiger partial charge < -0.3 is 10.2 Å². The molecule has 130 valence electrons. The first-order valence-electron chi connectivity index (χ1n) is 8.53. The number of aromatic nitrogens is 2. The first-order valence-corrected chi connectivity index (χ1v) is 9.76. The fraction of sp³-hybridized carbons (Fsp3) is 0.474. The van der Waals surface area contributed by atoms with Gasteiger partial charge in [-0.05, 0) is 39.5 Å². The number of benzene rings is 1. The molecule has 1 aromatic carbocycles. The normalized spacial score (nSPS) is 12.2. The summed E-state index contributed by atoms with van der Waals surface area (Å²) in [5.74, 6) is 1.04. The van der Waals surface area contributed by atoms with E-state index in [0.717, 1.165) is 36.2 Å². The van der Waals surface area contributed by atoms with Crippen LogP contribution in [0.1, 0.15) is 43.5 Å². The van der Waals surface area contributed by atoms with Crippen LogP contribution in [0.4, 0.5) is 5.82 Å². The molecule has 0 spiro atoms. The highest BCUT2D eigenvalue weighted by molar-refractivity contribution is 7.98. The highest BCUT2D eigenvalue weighted by Crippen LogP contribution is 2.22. The molecule has 5 heteroatoms. The van der Waals surface area contributed by atoms with Crippen molar-refractivity contribution >= 4 is 17.6 Å². The molecule has 0 bridgehead atoms. The minimum atomic E-state index is 0.287. The van der Waals surface area contributed by atoms with Crippen molar-refractivity contribution < 1.29 is 0 Å². The van der Waals surface area contributed by atoms with Crippen LogP contribution in [0, 0.1) is 6.92 Å². The monoisotopic (exact) mass is 344 g/mol. The Balaban J connectivity index is 2.14. The summed E-state index contributed by atoms with van der Waals surface area (Å²) in [6, 6.07) is 8.98. The largest absolute Gasteiger partial charge is 0.357 e. The van der Waals surface area contributed by atoms with Gasteiger partial charge >= 0.3 is 0 Å². The van der Waals surface area contributed by atoms with Gasteiger partial charge in [0.1, 0.15) is 5.82 Å². The van der Waals surface area contributed by atoms with Gasteiger partial charge in [0.25, 0.3) is 0 Å². The van der Waals surface area contributed by atoms with Crippen LogP contribution in [-0.2, 0) is 6.54 Å². The zero-order valence-corrected chi connectivity index (χ0v) is 16.2. The first-order chi connectivity index (χ1) is 11.6. The summed E-state index contributed by atoms with van der Waals surface area (Å²) in [7, 11) is 0. The van der Waals surface area contributed by atoms with E-state index in [1.165, 1.54) is 11.1 Å². The Morgan fingerprint density at radius 1 is 1.17 bits per heavy atom. The van der Waals surface area contributed by atoms with Gasteiger partial charge in [0, 0.05) is 37.4 Å². The fourth-order valence-electron chi connectivity index (χ4n) is 2.64. The molecule has 0 aliphatic carbocycles. The Labute approximate surface area is 150 Å². The quantitative estimate of drug-likeness (QED) is 0.574. The number of nitrogens with zero attached hydrogens (tertiary/aromatic N) is 3. The summed E-state index contributed by atoms with van der Waals surface area (Å²) in [6.45, 7) is 11.3. The average Bonchev–Trinajstić information content (AvgIpc) is 2.61. The zero-order chi connectivity index (χ0) is 17.5. The smallest absolute Gasteiger partial charge is 0.189 e. The Bertz CT molecular complexity index is 638. The van der Waals surface area contributed by atoms with E-state index in [2.05, 4.69) is 67.2 Å². The summed E-state index contributed by atoms with van der Waals surface area (Å²) >= 11 is 1.58. The molecule has 0 amide bonds. The summed E-state index contributed by atoms with van der Waals surface area (Å²) in [4.78, 5) is 11.5. The van der Waals surface area contributed by atoms with E-state index >= 15 is 0 Å². The maximum absolute atomic E-state index is 4.73. The molecule has 1 atom stereocenters. The Kier molecular flexibility index (Phi) is 7.06. The van der Waals surface area contributed by atoms with Crippen molar-refractivity contribution in [2.75, 3.05) is 24.2 Å². The van der Waals surface area contributed by atoms with Crippen molar-refractivity contribution in [3.63, 3.8) is 0 Å². The number of anilines is 1. The second-order valence-corrected chi connectivity index (χ2v) is 6.66. The molecule has 0 radical (unpaired) electrons. The molecule has 4 nitrogen and oxygen atoms in total. The van der Waals surface area contributed by atoms with Crippen molar-refractivity contribution in [3.8, 4) is 0 Å². The lowest BCUT2D eigenvalue weighted by Gasteiger charge is -2.24. The summed E-state index contributed by atoms with van der Waals surface area (Å²) in [5.41, 5.74) is 3.73. The van der Waals surface area contributed by atoms with Gasteiger partial charge in [0.05, 0.1) is 0 Å². The lowest BCUT2D eigenvalue weighted by molar-refractivity contribution is 0.570. The molecule has 1 heterocycles. The van der Waals surface area contributed by atoms with Gasteiger partial charge in [-0.2, -0.15) is 0 Å². The third-order valence-electron chi connectivity index (χ3n) is 4.24. The SMILES string of the molecule is CCN(CC)c1nc(SC)ncc1CN[C@H](C)c1ccc(C)cc1. The van der Waals surface area contributed by atoms with Crippen molar-refractivity contribution in [2.45, 2.75) is 45.4 Å². The van der Waals surface area contributed by atoms with Gasteiger partial charge in [-0.3, -0.25) is 0 Å². The molecule has 0 aliphatic heterocycles. The molecular formula is C19H28N4S. The standard InChI is InChI=1S/C19H28N4S/c1-6-23(7-2)18-17(13-21-19(22-18)24-5)12-20-15(4)16-10-8-14(3)9-11-16/h8-11,13,15,20H,6-7,12H2,1-5H3/t15-/m1/s1. The second kappa shape index (κ2) is 9.04. The van der Waals surface area contributed by atoms with E-state index in [1.807, 2.05) is 12.5 Å². The molecule has 2 aromatic rings. The molecule has 2 rings (SSSR count). The van der Waals surface area contributed by atoms with E-state index in [1.54, 1.807) is 11.8 Å². The fourth-order valence-corrected chi connectivity index (χ4v) is 2.97. The number of nitrogens with one attached hydrogen (secondary N) is 1. The molecule has 1 aromatic heterocycles. The Morgan fingerprint density at radius 3 is 2.42 bits per heavy atom. The van der Waals surface area contributed by atoms with E-state index in [4.69, 9.17) is 4.98 Å². The van der Waals surface area contributed by atoms with Crippen LogP contribution in [0.15, 0.2) is 35.6 Å². The van der Waals surface area contributed by atoms with E-state index in [9.17, 15) is 0 Å². The minimum Gasteiger partial charge on any atom is -0.357 e. The van der Waals surface area contributed by atoms with E-state index < -0.39 is 0 Å². The molecule has 1 N–H and O–H groups in total. The number of hydrogen-bond acceptors (Lipinski definition) is 5. The topological polar surface area (TPSA) is 41.1 Å². The van der Waals surface area contributed by atoms with E-state index in [-0.39, 0.29) is 6.04 Å². The van der Waals surface area contributed by atoms with Crippen molar-refractivity contribution in [3.05, 3.63) is 47.2 Å². The Morgan fingerprint density at radius 2 is 1.83 bits per heavy atom. The van der Waals surface area contributed by atoms with Crippen molar-refractivity contribution in [2.24, 2.45) is 0 Å². The van der Waals surface area contributed by atoms with Crippen LogP contribution < -0.4 is 10.2 Å². The summed E-state index contributed by atoms with van der Waals surface area (Å²) in [5, 5.41) is 4.43. The third-order valence-corrected chi connectivity index (χ3v) is 4.80. The maximum atomic E-state index is 4.73. The molecule has 0 fully saturated rings. The van der Waals surface area contributed by atoms with Crippen LogP contribution in [-0.4, -0.2) is 29.3 Å². The van der Waals surface area contributed by atoms with Crippen LogP contribution in [0.2, 0.25) is 0 Å². The molecule has 0 unspecified atom stereocenters. The van der Waals surface area contributed by atoms with Gasteiger partial charge in [0.2, 0.25) is 0 Å². The molecule has 0 saturated heterocycles. The minimum absolute atomic E-state index is 0.287. The van der Waals surface area contributed by atoms with Crippen LogP contribution in [0.3, 0.4) is 0 Å². The lowest BCUT2D eigenvalue weighted by Crippen LogP contribution is -2.27. The first kappa shape index (κ1) is 18.7. The molecule has 0 saturated carbocycles. The predicted octanol–water partition coefficient (Wildman–Crippen LogP) is 4.20. The summed E-state index contributed by atoms with van der Waals surface area (Å²) < 4.78 is 0. The molecule has 24 heavy (non-hydrogen) atoms. The number of aryl methyl sites for hydroxylation is 1. The van der Waals surface area contributed by atoms with Gasteiger partial charge in [-0.25, -0.2) is 9.97 Å². The highest BCUT2D eigenvalue weighted by atomic mass is 32.2. The lowest BCUT2D eigenvalue weighted by atomic mass is 10.1. The van der Waals surface area contributed by atoms with Gasteiger partial charge in [0.15, 0.2) is 5.16 Å². The number of rotatable bonds is 8. The van der Waals surface area contributed by atoms with Crippen LogP contribution in [0.5, 0.6) is 0 Å². The maximum Gasteiger partial charge on any atom is 0.189 e. The van der Waals surface area contributed by atoms with Crippen molar-refractivity contribution in [1.29, 1.82) is 0 Å².